The molecule has 2 aromatic rings. The van der Waals surface area contributed by atoms with Crippen LogP contribution in [0, 0.1) is 18.6 Å². The van der Waals surface area contributed by atoms with Gasteiger partial charge < -0.3 is 10.5 Å². The summed E-state index contributed by atoms with van der Waals surface area (Å²) in [6.45, 7) is 1.88. The third kappa shape index (κ3) is 3.30. The molecule has 0 aliphatic rings. The third-order valence-corrected chi connectivity index (χ3v) is 3.05. The smallest absolute Gasteiger partial charge is 0.133 e. The van der Waals surface area contributed by atoms with E-state index < -0.39 is 5.82 Å². The number of ether oxygens (including phenoxy) is 1. The Hall–Kier alpha value is -2.01. The van der Waals surface area contributed by atoms with Crippen molar-refractivity contribution in [3.05, 3.63) is 64.7 Å². The number of hydrogen-bond acceptors (Lipinski definition) is 2. The maximum absolute atomic E-state index is 13.4. The van der Waals surface area contributed by atoms with E-state index >= 15 is 0 Å². The number of benzene rings is 2. The van der Waals surface area contributed by atoms with Gasteiger partial charge in [-0.3, -0.25) is 0 Å². The second-order valence-electron chi connectivity index (χ2n) is 4.38. The molecule has 0 fully saturated rings. The van der Waals surface area contributed by atoms with Crippen molar-refractivity contribution in [2.45, 2.75) is 13.5 Å². The minimum atomic E-state index is -0.459. The number of aryl methyl sites for hydroxylation is 1. The molecule has 5 heteroatoms. The first-order valence-corrected chi connectivity index (χ1v) is 6.35. The summed E-state index contributed by atoms with van der Waals surface area (Å²) in [4.78, 5) is 0.00183. The predicted octanol–water partition coefficient (Wildman–Crippen LogP) is 3.49. The fraction of sp³-hybridized carbons (Fsp3) is 0.133. The molecule has 0 heterocycles. The van der Waals surface area contributed by atoms with Crippen LogP contribution in [0.2, 0.25) is 0 Å². The summed E-state index contributed by atoms with van der Waals surface area (Å²) in [6, 6.07) is 8.92. The summed E-state index contributed by atoms with van der Waals surface area (Å²) >= 11 is 4.77. The Morgan fingerprint density at radius 1 is 1.15 bits per heavy atom. The highest BCUT2D eigenvalue weighted by atomic mass is 32.1. The minimum absolute atomic E-state index is 0.00183. The fourth-order valence-electron chi connectivity index (χ4n) is 1.72. The molecule has 0 saturated carbocycles. The van der Waals surface area contributed by atoms with E-state index in [4.69, 9.17) is 22.7 Å². The van der Waals surface area contributed by atoms with Gasteiger partial charge in [0.1, 0.15) is 29.0 Å². The molecule has 0 saturated heterocycles. The molecule has 20 heavy (non-hydrogen) atoms. The first kappa shape index (κ1) is 14.4. The largest absolute Gasteiger partial charge is 0.489 e. The number of hydrogen-bond donors (Lipinski definition) is 1. The molecule has 2 rings (SSSR count). The van der Waals surface area contributed by atoms with Crippen LogP contribution in [0.1, 0.15) is 16.7 Å². The van der Waals surface area contributed by atoms with Crippen LogP contribution in [0.4, 0.5) is 8.78 Å². The quantitative estimate of drug-likeness (QED) is 0.877. The first-order valence-electron chi connectivity index (χ1n) is 5.94. The van der Waals surface area contributed by atoms with Gasteiger partial charge in [0.15, 0.2) is 0 Å². The van der Waals surface area contributed by atoms with Gasteiger partial charge in [-0.15, -0.1) is 0 Å². The molecule has 2 aromatic carbocycles. The van der Waals surface area contributed by atoms with Crippen molar-refractivity contribution in [2.75, 3.05) is 0 Å². The van der Waals surface area contributed by atoms with Crippen molar-refractivity contribution >= 4 is 17.2 Å². The lowest BCUT2D eigenvalue weighted by Crippen LogP contribution is -2.12. The van der Waals surface area contributed by atoms with Gasteiger partial charge in [-0.2, -0.15) is 0 Å². The van der Waals surface area contributed by atoms with Crippen molar-refractivity contribution in [3.8, 4) is 5.75 Å². The van der Waals surface area contributed by atoms with Gasteiger partial charge in [0.2, 0.25) is 0 Å². The van der Waals surface area contributed by atoms with Gasteiger partial charge >= 0.3 is 0 Å². The second-order valence-corrected chi connectivity index (χ2v) is 4.82. The van der Waals surface area contributed by atoms with Crippen LogP contribution in [0.5, 0.6) is 5.75 Å². The fourth-order valence-corrected chi connectivity index (χ4v) is 1.88. The molecule has 0 spiro atoms. The number of rotatable bonds is 4. The lowest BCUT2D eigenvalue weighted by Gasteiger charge is -2.09. The topological polar surface area (TPSA) is 35.2 Å². The van der Waals surface area contributed by atoms with Gasteiger partial charge in [-0.1, -0.05) is 18.3 Å². The van der Waals surface area contributed by atoms with Crippen molar-refractivity contribution in [2.24, 2.45) is 5.73 Å². The monoisotopic (exact) mass is 293 g/mol. The molecule has 2 N–H and O–H groups in total. The molecule has 0 aliphatic heterocycles. The molecule has 0 aromatic heterocycles. The molecule has 0 atom stereocenters. The average molecular weight is 293 g/mol. The molecule has 0 bridgehead atoms. The summed E-state index contributed by atoms with van der Waals surface area (Å²) in [5.74, 6) is -0.195. The molecule has 2 nitrogen and oxygen atoms in total. The van der Waals surface area contributed by atoms with E-state index in [-0.39, 0.29) is 23.0 Å². The summed E-state index contributed by atoms with van der Waals surface area (Å²) in [5.41, 5.74) is 6.86. The maximum Gasteiger partial charge on any atom is 0.133 e. The van der Waals surface area contributed by atoms with Gasteiger partial charge in [0.25, 0.3) is 0 Å². The van der Waals surface area contributed by atoms with Crippen LogP contribution in [-0.4, -0.2) is 4.99 Å². The molecular formula is C15H13F2NOS. The van der Waals surface area contributed by atoms with Crippen LogP contribution in [0.3, 0.4) is 0 Å². The van der Waals surface area contributed by atoms with E-state index in [1.807, 2.05) is 0 Å². The number of nitrogens with two attached hydrogens (primary N) is 1. The molecule has 0 amide bonds. The van der Waals surface area contributed by atoms with Crippen LogP contribution < -0.4 is 10.5 Å². The van der Waals surface area contributed by atoms with E-state index in [0.717, 1.165) is 5.56 Å². The zero-order chi connectivity index (χ0) is 14.7. The molecule has 0 aliphatic carbocycles. The molecular weight excluding hydrogens is 280 g/mol. The van der Waals surface area contributed by atoms with E-state index in [1.54, 1.807) is 31.2 Å². The zero-order valence-electron chi connectivity index (χ0n) is 10.8. The Balaban J connectivity index is 2.12. The Labute approximate surface area is 121 Å². The molecule has 104 valence electrons. The van der Waals surface area contributed by atoms with Gasteiger partial charge in [-0.05, 0) is 48.4 Å². The van der Waals surface area contributed by atoms with Gasteiger partial charge in [-0.25, -0.2) is 8.78 Å². The van der Waals surface area contributed by atoms with Crippen LogP contribution in [-0.2, 0) is 6.61 Å². The summed E-state index contributed by atoms with van der Waals surface area (Å²) in [6.07, 6.45) is 0. The van der Waals surface area contributed by atoms with Crippen molar-refractivity contribution in [1.82, 2.24) is 0 Å². The van der Waals surface area contributed by atoms with Crippen LogP contribution in [0.25, 0.3) is 0 Å². The Kier molecular flexibility index (Phi) is 4.29. The second kappa shape index (κ2) is 5.96. The Bertz CT molecular complexity index is 658. The lowest BCUT2D eigenvalue weighted by atomic mass is 10.1. The highest BCUT2D eigenvalue weighted by Crippen LogP contribution is 2.18. The number of halogens is 2. The average Bonchev–Trinajstić information content (AvgIpc) is 2.41. The van der Waals surface area contributed by atoms with Crippen molar-refractivity contribution in [3.63, 3.8) is 0 Å². The summed E-state index contributed by atoms with van der Waals surface area (Å²) < 4.78 is 32.1. The SMILES string of the molecule is Cc1cc(OCc2ccc(F)c(C(N)=S)c2)ccc1F. The standard InChI is InChI=1S/C15H13F2NOS/c1-9-6-11(3-5-13(9)16)19-8-10-2-4-14(17)12(7-10)15(18)20/h2-7H,8H2,1H3,(H2,18,20). The highest BCUT2D eigenvalue weighted by Gasteiger charge is 2.07. The first-order chi connectivity index (χ1) is 9.47. The van der Waals surface area contributed by atoms with Gasteiger partial charge in [0, 0.05) is 5.56 Å². The van der Waals surface area contributed by atoms with Gasteiger partial charge in [0.05, 0.1) is 0 Å². The van der Waals surface area contributed by atoms with Crippen molar-refractivity contribution in [1.29, 1.82) is 0 Å². The Morgan fingerprint density at radius 2 is 1.85 bits per heavy atom. The molecule has 0 radical (unpaired) electrons. The van der Waals surface area contributed by atoms with E-state index in [9.17, 15) is 8.78 Å². The predicted molar refractivity (Wildman–Crippen MR) is 77.8 cm³/mol. The lowest BCUT2D eigenvalue weighted by molar-refractivity contribution is 0.305. The van der Waals surface area contributed by atoms with Crippen LogP contribution in [0.15, 0.2) is 36.4 Å². The van der Waals surface area contributed by atoms with Crippen LogP contribution >= 0.6 is 12.2 Å². The summed E-state index contributed by atoms with van der Waals surface area (Å²) in [7, 11) is 0. The highest BCUT2D eigenvalue weighted by molar-refractivity contribution is 7.80. The normalized spacial score (nSPS) is 10.3. The maximum atomic E-state index is 13.4. The molecule has 0 unspecified atom stereocenters. The number of thiocarbonyl (C=S) groups is 1. The van der Waals surface area contributed by atoms with Crippen molar-refractivity contribution < 1.29 is 13.5 Å². The minimum Gasteiger partial charge on any atom is -0.489 e. The van der Waals surface area contributed by atoms with E-state index in [0.29, 0.717) is 11.3 Å². The third-order valence-electron chi connectivity index (χ3n) is 2.83. The van der Waals surface area contributed by atoms with E-state index in [2.05, 4.69) is 0 Å². The Morgan fingerprint density at radius 3 is 2.50 bits per heavy atom. The van der Waals surface area contributed by atoms with E-state index in [1.165, 1.54) is 12.1 Å². The summed E-state index contributed by atoms with van der Waals surface area (Å²) in [5, 5.41) is 0. The zero-order valence-corrected chi connectivity index (χ0v) is 11.6.